The average molecular weight is 205 g/mol. The highest BCUT2D eigenvalue weighted by molar-refractivity contribution is 5.80. The fourth-order valence-corrected chi connectivity index (χ4v) is 0.676. The van der Waals surface area contributed by atoms with Crippen LogP contribution in [0.4, 0.5) is 9.18 Å². The number of amides is 1. The normalized spacial score (nSPS) is 13.9. The second kappa shape index (κ2) is 5.95. The van der Waals surface area contributed by atoms with E-state index in [9.17, 15) is 14.0 Å². The molecule has 2 atom stereocenters. The highest BCUT2D eigenvalue weighted by atomic mass is 19.1. The van der Waals surface area contributed by atoms with Crippen LogP contribution in [0.3, 0.4) is 0 Å². The minimum absolute atomic E-state index is 0.0567. The molecule has 0 aliphatic heterocycles. The quantitative estimate of drug-likeness (QED) is 0.648. The monoisotopic (exact) mass is 205 g/mol. The van der Waals surface area contributed by atoms with Gasteiger partial charge in [0.1, 0.15) is 12.8 Å². The van der Waals surface area contributed by atoms with Gasteiger partial charge < -0.3 is 15.2 Å². The molecule has 6 heteroatoms. The number of nitrogens with one attached hydrogen (secondary N) is 1. The van der Waals surface area contributed by atoms with Gasteiger partial charge in [0, 0.05) is 0 Å². The summed E-state index contributed by atoms with van der Waals surface area (Å²) in [5.74, 6) is -1.45. The molecule has 2 N–H and O–H groups in total. The van der Waals surface area contributed by atoms with Crippen molar-refractivity contribution in [1.29, 1.82) is 0 Å². The molecule has 0 aliphatic carbocycles. The van der Waals surface area contributed by atoms with Crippen LogP contribution in [0, 0.1) is 0 Å². The summed E-state index contributed by atoms with van der Waals surface area (Å²) in [4.78, 5) is 21.2. The van der Waals surface area contributed by atoms with Crippen LogP contribution >= 0.6 is 0 Å². The van der Waals surface area contributed by atoms with Crippen LogP contribution in [0.2, 0.25) is 0 Å². The van der Waals surface area contributed by atoms with E-state index in [2.05, 4.69) is 11.3 Å². The molecule has 0 aromatic carbocycles. The van der Waals surface area contributed by atoms with Crippen molar-refractivity contribution in [2.75, 3.05) is 6.61 Å². The smallest absolute Gasteiger partial charge is 0.408 e. The number of carbonyl (C=O) groups is 2. The Kier molecular flexibility index (Phi) is 5.28. The van der Waals surface area contributed by atoms with Crippen LogP contribution in [-0.4, -0.2) is 36.0 Å². The zero-order chi connectivity index (χ0) is 11.1. The minimum Gasteiger partial charge on any atom is -0.480 e. The number of aliphatic carboxylic acids is 1. The molecule has 5 nitrogen and oxygen atoms in total. The van der Waals surface area contributed by atoms with E-state index in [4.69, 9.17) is 5.11 Å². The molecule has 14 heavy (non-hydrogen) atoms. The summed E-state index contributed by atoms with van der Waals surface area (Å²) < 4.78 is 17.1. The largest absolute Gasteiger partial charge is 0.480 e. The number of alkyl halides is 1. The first-order valence-electron chi connectivity index (χ1n) is 3.90. The maximum atomic E-state index is 12.6. The van der Waals surface area contributed by atoms with Crippen LogP contribution in [0.1, 0.15) is 6.92 Å². The number of ether oxygens (including phenoxy) is 1. The molecular weight excluding hydrogens is 193 g/mol. The van der Waals surface area contributed by atoms with Gasteiger partial charge in [0.05, 0.1) is 0 Å². The maximum absolute atomic E-state index is 12.6. The van der Waals surface area contributed by atoms with E-state index in [0.29, 0.717) is 0 Å². The number of carboxylic acid groups (broad SMARTS) is 1. The van der Waals surface area contributed by atoms with Gasteiger partial charge in [-0.1, -0.05) is 12.7 Å². The molecule has 0 spiro atoms. The third-order valence-electron chi connectivity index (χ3n) is 1.33. The van der Waals surface area contributed by atoms with E-state index in [0.717, 1.165) is 6.92 Å². The predicted molar refractivity (Wildman–Crippen MR) is 46.7 cm³/mol. The molecule has 0 bridgehead atoms. The van der Waals surface area contributed by atoms with Crippen molar-refractivity contribution in [3.63, 3.8) is 0 Å². The van der Waals surface area contributed by atoms with Gasteiger partial charge in [0.15, 0.2) is 6.04 Å². The second-order valence-electron chi connectivity index (χ2n) is 2.52. The summed E-state index contributed by atoms with van der Waals surface area (Å²) in [6, 6.07) is -1.59. The van der Waals surface area contributed by atoms with Crippen molar-refractivity contribution in [3.05, 3.63) is 12.7 Å². The fourth-order valence-electron chi connectivity index (χ4n) is 0.676. The van der Waals surface area contributed by atoms with Crippen LogP contribution in [0.15, 0.2) is 12.7 Å². The molecule has 0 aromatic heterocycles. The Hall–Kier alpha value is -1.59. The third-order valence-corrected chi connectivity index (χ3v) is 1.33. The Bertz CT molecular complexity index is 229. The van der Waals surface area contributed by atoms with Crippen molar-refractivity contribution in [3.8, 4) is 0 Å². The third kappa shape index (κ3) is 4.44. The lowest BCUT2D eigenvalue weighted by Crippen LogP contribution is -2.46. The van der Waals surface area contributed by atoms with E-state index in [1.165, 1.54) is 6.08 Å². The summed E-state index contributed by atoms with van der Waals surface area (Å²) in [6.45, 7) is 4.26. The standard InChI is InChI=1S/C8H12FNO4/c1-3-4-14-8(13)10-6(5(2)9)7(11)12/h3,5-6H,1,4H2,2H3,(H,10,13)(H,11,12)/t5-,6+/m1/s1. The van der Waals surface area contributed by atoms with E-state index >= 15 is 0 Å². The predicted octanol–water partition coefficient (Wildman–Crippen LogP) is 0.710. The van der Waals surface area contributed by atoms with Gasteiger partial charge in [-0.2, -0.15) is 0 Å². The summed E-state index contributed by atoms with van der Waals surface area (Å²) in [5.41, 5.74) is 0. The number of halogens is 1. The Morgan fingerprint density at radius 3 is 2.64 bits per heavy atom. The van der Waals surface area contributed by atoms with E-state index < -0.39 is 24.3 Å². The number of rotatable bonds is 5. The number of hydrogen-bond acceptors (Lipinski definition) is 3. The number of carbonyl (C=O) groups excluding carboxylic acids is 1. The summed E-state index contributed by atoms with van der Waals surface area (Å²) in [5, 5.41) is 10.4. The van der Waals surface area contributed by atoms with Crippen LogP contribution < -0.4 is 5.32 Å². The SMILES string of the molecule is C=CCOC(=O)N[C@H](C(=O)O)[C@@H](C)F. The Balaban J connectivity index is 4.09. The van der Waals surface area contributed by atoms with E-state index in [1.807, 2.05) is 5.32 Å². The first-order chi connectivity index (χ1) is 6.49. The van der Waals surface area contributed by atoms with Crippen molar-refractivity contribution in [2.45, 2.75) is 19.1 Å². The molecule has 1 amide bonds. The van der Waals surface area contributed by atoms with Crippen LogP contribution in [0.25, 0.3) is 0 Å². The maximum Gasteiger partial charge on any atom is 0.408 e. The number of carboxylic acids is 1. The second-order valence-corrected chi connectivity index (χ2v) is 2.52. The van der Waals surface area contributed by atoms with Crippen molar-refractivity contribution >= 4 is 12.1 Å². The zero-order valence-corrected chi connectivity index (χ0v) is 7.70. The molecule has 0 aliphatic rings. The topological polar surface area (TPSA) is 75.6 Å². The molecule has 0 fully saturated rings. The van der Waals surface area contributed by atoms with Gasteiger partial charge in [-0.15, -0.1) is 0 Å². The minimum atomic E-state index is -1.69. The first kappa shape index (κ1) is 12.4. The Labute approximate surface area is 80.6 Å². The number of alkyl carbamates (subject to hydrolysis) is 1. The zero-order valence-electron chi connectivity index (χ0n) is 7.70. The van der Waals surface area contributed by atoms with E-state index in [-0.39, 0.29) is 6.61 Å². The molecule has 0 unspecified atom stereocenters. The van der Waals surface area contributed by atoms with Gasteiger partial charge in [0.2, 0.25) is 0 Å². The van der Waals surface area contributed by atoms with Gasteiger partial charge in [0.25, 0.3) is 0 Å². The van der Waals surface area contributed by atoms with Crippen molar-refractivity contribution < 1.29 is 23.8 Å². The van der Waals surface area contributed by atoms with Crippen molar-refractivity contribution in [1.82, 2.24) is 5.32 Å². The molecule has 80 valence electrons. The fraction of sp³-hybridized carbons (Fsp3) is 0.500. The van der Waals surface area contributed by atoms with Crippen molar-refractivity contribution in [2.24, 2.45) is 0 Å². The average Bonchev–Trinajstić information content (AvgIpc) is 2.09. The van der Waals surface area contributed by atoms with Gasteiger partial charge in [-0.05, 0) is 6.92 Å². The molecule has 0 saturated heterocycles. The molecular formula is C8H12FNO4. The van der Waals surface area contributed by atoms with Crippen LogP contribution in [0.5, 0.6) is 0 Å². The number of hydrogen-bond donors (Lipinski definition) is 2. The van der Waals surface area contributed by atoms with Crippen LogP contribution in [-0.2, 0) is 9.53 Å². The molecule has 0 saturated carbocycles. The summed E-state index contributed by atoms with van der Waals surface area (Å²) >= 11 is 0. The van der Waals surface area contributed by atoms with Gasteiger partial charge >= 0.3 is 12.1 Å². The lowest BCUT2D eigenvalue weighted by atomic mass is 10.2. The lowest BCUT2D eigenvalue weighted by molar-refractivity contribution is -0.140. The molecule has 0 radical (unpaired) electrons. The first-order valence-corrected chi connectivity index (χ1v) is 3.90. The highest BCUT2D eigenvalue weighted by Gasteiger charge is 2.26. The lowest BCUT2D eigenvalue weighted by Gasteiger charge is -2.14. The van der Waals surface area contributed by atoms with Gasteiger partial charge in [-0.3, -0.25) is 0 Å². The summed E-state index contributed by atoms with van der Waals surface area (Å²) in [6.07, 6.45) is -1.36. The van der Waals surface area contributed by atoms with E-state index in [1.54, 1.807) is 0 Å². The molecule has 0 heterocycles. The highest BCUT2D eigenvalue weighted by Crippen LogP contribution is 1.98. The molecule has 0 aromatic rings. The Morgan fingerprint density at radius 2 is 2.29 bits per heavy atom. The Morgan fingerprint density at radius 1 is 1.71 bits per heavy atom. The summed E-state index contributed by atoms with van der Waals surface area (Å²) in [7, 11) is 0. The van der Waals surface area contributed by atoms with Gasteiger partial charge in [-0.25, -0.2) is 14.0 Å². The molecule has 0 rings (SSSR count).